The lowest BCUT2D eigenvalue weighted by Gasteiger charge is -2.16. The van der Waals surface area contributed by atoms with Crippen molar-refractivity contribution in [3.8, 4) is 5.75 Å². The largest absolute Gasteiger partial charge is 0.488 e. The van der Waals surface area contributed by atoms with Crippen LogP contribution in [0.25, 0.3) is 0 Å². The Morgan fingerprint density at radius 2 is 2.16 bits per heavy atom. The van der Waals surface area contributed by atoms with Gasteiger partial charge >= 0.3 is 0 Å². The Morgan fingerprint density at radius 3 is 2.79 bits per heavy atom. The van der Waals surface area contributed by atoms with Gasteiger partial charge in [0.1, 0.15) is 18.2 Å². The van der Waals surface area contributed by atoms with Crippen molar-refractivity contribution in [3.05, 3.63) is 50.4 Å². The van der Waals surface area contributed by atoms with Gasteiger partial charge in [0.15, 0.2) is 0 Å². The molecule has 1 unspecified atom stereocenters. The van der Waals surface area contributed by atoms with Crippen LogP contribution in [-0.4, -0.2) is 7.05 Å². The monoisotopic (exact) mass is 343 g/mol. The number of hydrogen-bond acceptors (Lipinski definition) is 3. The Kier molecular flexibility index (Phi) is 4.96. The zero-order chi connectivity index (χ0) is 13.8. The van der Waals surface area contributed by atoms with E-state index in [9.17, 15) is 4.39 Å². The van der Waals surface area contributed by atoms with Crippen LogP contribution in [0.1, 0.15) is 23.4 Å². The Balaban J connectivity index is 2.15. The Bertz CT molecular complexity index is 558. The number of thiophene rings is 1. The zero-order valence-electron chi connectivity index (χ0n) is 10.7. The lowest BCUT2D eigenvalue weighted by molar-refractivity contribution is 0.303. The van der Waals surface area contributed by atoms with Gasteiger partial charge in [-0.1, -0.05) is 0 Å². The van der Waals surface area contributed by atoms with Crippen molar-refractivity contribution < 1.29 is 9.13 Å². The zero-order valence-corrected chi connectivity index (χ0v) is 13.1. The van der Waals surface area contributed by atoms with E-state index in [2.05, 4.69) is 21.2 Å². The van der Waals surface area contributed by atoms with E-state index in [1.54, 1.807) is 17.4 Å². The molecule has 5 heteroatoms. The second-order valence-corrected chi connectivity index (χ2v) is 6.73. The van der Waals surface area contributed by atoms with E-state index in [-0.39, 0.29) is 11.9 Å². The van der Waals surface area contributed by atoms with Crippen LogP contribution in [0, 0.1) is 5.82 Å². The third kappa shape index (κ3) is 3.78. The second-order valence-electron chi connectivity index (χ2n) is 4.19. The summed E-state index contributed by atoms with van der Waals surface area (Å²) < 4.78 is 20.2. The summed E-state index contributed by atoms with van der Waals surface area (Å²) in [6.07, 6.45) is 0. The van der Waals surface area contributed by atoms with Crippen molar-refractivity contribution >= 4 is 27.3 Å². The molecule has 1 heterocycles. The molecule has 1 atom stereocenters. The number of hydrogen-bond donors (Lipinski definition) is 1. The maximum atomic E-state index is 13.3. The lowest BCUT2D eigenvalue weighted by atomic mass is 10.1. The van der Waals surface area contributed by atoms with E-state index in [0.29, 0.717) is 12.4 Å². The molecule has 1 aromatic heterocycles. The fourth-order valence-corrected chi connectivity index (χ4v) is 3.12. The SMILES string of the molecule is CNC(C)c1cc(F)ccc1OCc1ccc(Br)s1. The first-order valence-corrected chi connectivity index (χ1v) is 7.55. The van der Waals surface area contributed by atoms with Crippen LogP contribution in [0.2, 0.25) is 0 Å². The average molecular weight is 344 g/mol. The van der Waals surface area contributed by atoms with Gasteiger partial charge < -0.3 is 10.1 Å². The average Bonchev–Trinajstić information content (AvgIpc) is 2.82. The van der Waals surface area contributed by atoms with Crippen molar-refractivity contribution in [1.82, 2.24) is 5.32 Å². The van der Waals surface area contributed by atoms with E-state index < -0.39 is 0 Å². The first-order chi connectivity index (χ1) is 9.10. The molecule has 102 valence electrons. The van der Waals surface area contributed by atoms with Gasteiger partial charge in [-0.3, -0.25) is 0 Å². The molecule has 2 nitrogen and oxygen atoms in total. The molecular formula is C14H15BrFNOS. The molecular weight excluding hydrogens is 329 g/mol. The highest BCUT2D eigenvalue weighted by Crippen LogP contribution is 2.28. The number of halogens is 2. The molecule has 0 aliphatic rings. The molecule has 0 saturated carbocycles. The summed E-state index contributed by atoms with van der Waals surface area (Å²) in [5.74, 6) is 0.469. The van der Waals surface area contributed by atoms with Crippen LogP contribution in [0.15, 0.2) is 34.1 Å². The first kappa shape index (κ1) is 14.5. The fraction of sp³-hybridized carbons (Fsp3) is 0.286. The third-order valence-corrected chi connectivity index (χ3v) is 4.47. The molecule has 1 aromatic carbocycles. The highest BCUT2D eigenvalue weighted by Gasteiger charge is 2.12. The van der Waals surface area contributed by atoms with Crippen LogP contribution < -0.4 is 10.1 Å². The van der Waals surface area contributed by atoms with Gasteiger partial charge in [0, 0.05) is 16.5 Å². The maximum absolute atomic E-state index is 13.3. The van der Waals surface area contributed by atoms with Gasteiger partial charge in [0.2, 0.25) is 0 Å². The predicted molar refractivity (Wildman–Crippen MR) is 80.2 cm³/mol. The molecule has 0 spiro atoms. The van der Waals surface area contributed by atoms with Gasteiger partial charge in [0.05, 0.1) is 3.79 Å². The molecule has 19 heavy (non-hydrogen) atoms. The van der Waals surface area contributed by atoms with E-state index in [1.807, 2.05) is 26.1 Å². The summed E-state index contributed by atoms with van der Waals surface area (Å²) in [6.45, 7) is 2.47. The summed E-state index contributed by atoms with van der Waals surface area (Å²) in [4.78, 5) is 1.12. The molecule has 0 fully saturated rings. The summed E-state index contributed by atoms with van der Waals surface area (Å²) in [5.41, 5.74) is 0.832. The van der Waals surface area contributed by atoms with Crippen LogP contribution in [0.5, 0.6) is 5.75 Å². The fourth-order valence-electron chi connectivity index (χ4n) is 1.72. The normalized spacial score (nSPS) is 12.4. The smallest absolute Gasteiger partial charge is 0.124 e. The highest BCUT2D eigenvalue weighted by molar-refractivity contribution is 9.11. The molecule has 0 saturated heterocycles. The van der Waals surface area contributed by atoms with E-state index >= 15 is 0 Å². The van der Waals surface area contributed by atoms with Crippen LogP contribution in [0.3, 0.4) is 0 Å². The predicted octanol–water partition coefficient (Wildman–Crippen LogP) is 4.51. The van der Waals surface area contributed by atoms with Crippen molar-refractivity contribution in [2.75, 3.05) is 7.05 Å². The minimum absolute atomic E-state index is 0.0424. The van der Waals surface area contributed by atoms with Crippen molar-refractivity contribution in [3.63, 3.8) is 0 Å². The number of ether oxygens (including phenoxy) is 1. The van der Waals surface area contributed by atoms with E-state index in [4.69, 9.17) is 4.74 Å². The van der Waals surface area contributed by atoms with Gasteiger partial charge in [-0.05, 0) is 60.2 Å². The minimum Gasteiger partial charge on any atom is -0.488 e. The lowest BCUT2D eigenvalue weighted by Crippen LogP contribution is -2.14. The summed E-state index contributed by atoms with van der Waals surface area (Å²) in [6, 6.07) is 8.67. The quantitative estimate of drug-likeness (QED) is 0.862. The molecule has 0 amide bonds. The molecule has 0 bridgehead atoms. The molecule has 2 aromatic rings. The standard InChI is InChI=1S/C14H15BrFNOS/c1-9(17-2)12-7-10(16)3-5-13(12)18-8-11-4-6-14(15)19-11/h3-7,9,17H,8H2,1-2H3. The number of rotatable bonds is 5. The highest BCUT2D eigenvalue weighted by atomic mass is 79.9. The minimum atomic E-state index is -0.247. The van der Waals surface area contributed by atoms with Crippen LogP contribution in [0.4, 0.5) is 4.39 Å². The number of nitrogens with one attached hydrogen (secondary N) is 1. The van der Waals surface area contributed by atoms with Crippen molar-refractivity contribution in [2.45, 2.75) is 19.6 Å². The van der Waals surface area contributed by atoms with Crippen LogP contribution in [-0.2, 0) is 6.61 Å². The Labute approximate surface area is 124 Å². The summed E-state index contributed by atoms with van der Waals surface area (Å²) in [7, 11) is 1.84. The third-order valence-electron chi connectivity index (χ3n) is 2.87. The van der Waals surface area contributed by atoms with E-state index in [1.165, 1.54) is 12.1 Å². The Morgan fingerprint density at radius 1 is 1.37 bits per heavy atom. The summed E-state index contributed by atoms with van der Waals surface area (Å²) in [5, 5.41) is 3.10. The maximum Gasteiger partial charge on any atom is 0.124 e. The topological polar surface area (TPSA) is 21.3 Å². The molecule has 2 rings (SSSR count). The molecule has 1 N–H and O–H groups in total. The van der Waals surface area contributed by atoms with Gasteiger partial charge in [0.25, 0.3) is 0 Å². The molecule has 0 radical (unpaired) electrons. The van der Waals surface area contributed by atoms with E-state index in [0.717, 1.165) is 14.2 Å². The van der Waals surface area contributed by atoms with Gasteiger partial charge in [-0.2, -0.15) is 0 Å². The van der Waals surface area contributed by atoms with Crippen molar-refractivity contribution in [2.24, 2.45) is 0 Å². The van der Waals surface area contributed by atoms with Crippen molar-refractivity contribution in [1.29, 1.82) is 0 Å². The van der Waals surface area contributed by atoms with Gasteiger partial charge in [-0.25, -0.2) is 4.39 Å². The number of benzene rings is 1. The van der Waals surface area contributed by atoms with Crippen LogP contribution >= 0.6 is 27.3 Å². The molecule has 0 aliphatic heterocycles. The first-order valence-electron chi connectivity index (χ1n) is 5.94. The summed E-state index contributed by atoms with van der Waals surface area (Å²) >= 11 is 5.05. The molecule has 0 aliphatic carbocycles. The Hall–Kier alpha value is -0.910. The van der Waals surface area contributed by atoms with Gasteiger partial charge in [-0.15, -0.1) is 11.3 Å². The second kappa shape index (κ2) is 6.50.